The maximum absolute atomic E-state index is 11.0. The van der Waals surface area contributed by atoms with Gasteiger partial charge in [0.25, 0.3) is 0 Å². The minimum atomic E-state index is -0.0217. The standard InChI is InChI=1S/C18H23N3O2S/c22-17-13-24-18(20-17)21-19-10-14-6-8-16(9-7-14)12-23-11-15-4-2-1-3-5-15/h6-10,15H,1-5,11-13H2,(H,20,21,22). The molecule has 1 aromatic carbocycles. The quantitative estimate of drug-likeness (QED) is 0.635. The smallest absolute Gasteiger partial charge is 0.236 e. The first-order valence-corrected chi connectivity index (χ1v) is 9.48. The molecule has 1 aliphatic carbocycles. The molecular formula is C18H23N3O2S. The SMILES string of the molecule is O=C1CSC(=NN=Cc2ccc(COCC3CCCCC3)cc2)N1. The van der Waals surface area contributed by atoms with E-state index < -0.39 is 0 Å². The van der Waals surface area contributed by atoms with E-state index in [1.807, 2.05) is 12.1 Å². The van der Waals surface area contributed by atoms with E-state index in [1.54, 1.807) is 6.21 Å². The van der Waals surface area contributed by atoms with Gasteiger partial charge in [0.15, 0.2) is 5.17 Å². The molecule has 1 aromatic rings. The topological polar surface area (TPSA) is 63.0 Å². The molecule has 1 amide bonds. The molecule has 0 radical (unpaired) electrons. The fourth-order valence-electron chi connectivity index (χ4n) is 2.92. The number of hydrogen-bond donors (Lipinski definition) is 1. The van der Waals surface area contributed by atoms with Gasteiger partial charge in [0.05, 0.1) is 18.6 Å². The molecule has 24 heavy (non-hydrogen) atoms. The predicted molar refractivity (Wildman–Crippen MR) is 98.3 cm³/mol. The average Bonchev–Trinajstić information content (AvgIpc) is 3.03. The van der Waals surface area contributed by atoms with Crippen molar-refractivity contribution in [1.29, 1.82) is 0 Å². The third-order valence-corrected chi connectivity index (χ3v) is 5.13. The number of nitrogens with one attached hydrogen (secondary N) is 1. The summed E-state index contributed by atoms with van der Waals surface area (Å²) in [4.78, 5) is 11.0. The number of thioether (sulfide) groups is 1. The zero-order valence-corrected chi connectivity index (χ0v) is 14.6. The van der Waals surface area contributed by atoms with Crippen molar-refractivity contribution in [1.82, 2.24) is 5.32 Å². The molecule has 0 bridgehead atoms. The van der Waals surface area contributed by atoms with Crippen molar-refractivity contribution >= 4 is 29.1 Å². The largest absolute Gasteiger partial charge is 0.376 e. The van der Waals surface area contributed by atoms with Crippen LogP contribution in [-0.4, -0.2) is 29.6 Å². The molecule has 0 spiro atoms. The lowest BCUT2D eigenvalue weighted by atomic mass is 9.90. The molecule has 6 heteroatoms. The van der Waals surface area contributed by atoms with Gasteiger partial charge in [0.2, 0.25) is 5.91 Å². The van der Waals surface area contributed by atoms with E-state index >= 15 is 0 Å². The number of carbonyl (C=O) groups is 1. The lowest BCUT2D eigenvalue weighted by molar-refractivity contribution is -0.116. The van der Waals surface area contributed by atoms with Crippen LogP contribution in [0.1, 0.15) is 43.2 Å². The van der Waals surface area contributed by atoms with Gasteiger partial charge >= 0.3 is 0 Å². The van der Waals surface area contributed by atoms with Crippen molar-refractivity contribution in [2.24, 2.45) is 16.1 Å². The lowest BCUT2D eigenvalue weighted by Crippen LogP contribution is -2.19. The summed E-state index contributed by atoms with van der Waals surface area (Å²) in [7, 11) is 0. The van der Waals surface area contributed by atoms with Crippen LogP contribution >= 0.6 is 11.8 Å². The Labute approximate surface area is 147 Å². The zero-order chi connectivity index (χ0) is 16.6. The van der Waals surface area contributed by atoms with Crippen molar-refractivity contribution in [3.63, 3.8) is 0 Å². The maximum atomic E-state index is 11.0. The predicted octanol–water partition coefficient (Wildman–Crippen LogP) is 3.34. The molecule has 0 aromatic heterocycles. The molecule has 1 N–H and O–H groups in total. The Hall–Kier alpha value is -1.66. The average molecular weight is 345 g/mol. The first-order valence-electron chi connectivity index (χ1n) is 8.50. The fourth-order valence-corrected chi connectivity index (χ4v) is 3.56. The van der Waals surface area contributed by atoms with Gasteiger partial charge in [-0.05, 0) is 29.9 Å². The van der Waals surface area contributed by atoms with Crippen LogP contribution in [0.3, 0.4) is 0 Å². The van der Waals surface area contributed by atoms with Crippen LogP contribution in [0, 0.1) is 5.92 Å². The number of rotatable bonds is 6. The van der Waals surface area contributed by atoms with E-state index in [1.165, 1.54) is 49.4 Å². The Morgan fingerprint density at radius 3 is 2.71 bits per heavy atom. The summed E-state index contributed by atoms with van der Waals surface area (Å²) in [6.07, 6.45) is 8.41. The summed E-state index contributed by atoms with van der Waals surface area (Å²) >= 11 is 1.37. The first-order chi connectivity index (χ1) is 11.8. The third kappa shape index (κ3) is 5.46. The normalized spacial score (nSPS) is 20.8. The minimum Gasteiger partial charge on any atom is -0.376 e. The van der Waals surface area contributed by atoms with E-state index in [4.69, 9.17) is 4.74 Å². The number of carbonyl (C=O) groups excluding carboxylic acids is 1. The molecule has 0 unspecified atom stereocenters. The number of ether oxygens (including phenoxy) is 1. The second kappa shape index (κ2) is 8.99. The number of amidine groups is 1. The zero-order valence-electron chi connectivity index (χ0n) is 13.7. The Balaban J connectivity index is 1.42. The van der Waals surface area contributed by atoms with E-state index in [0.717, 1.165) is 18.1 Å². The molecule has 3 rings (SSSR count). The lowest BCUT2D eigenvalue weighted by Gasteiger charge is -2.21. The number of hydrogen-bond acceptors (Lipinski definition) is 5. The molecule has 0 atom stereocenters. The van der Waals surface area contributed by atoms with Crippen LogP contribution in [0.15, 0.2) is 34.5 Å². The van der Waals surface area contributed by atoms with Gasteiger partial charge in [0, 0.05) is 6.61 Å². The van der Waals surface area contributed by atoms with Gasteiger partial charge in [-0.3, -0.25) is 4.79 Å². The van der Waals surface area contributed by atoms with Gasteiger partial charge in [0.1, 0.15) is 0 Å². The van der Waals surface area contributed by atoms with Gasteiger partial charge in [-0.1, -0.05) is 55.3 Å². The highest BCUT2D eigenvalue weighted by atomic mass is 32.2. The van der Waals surface area contributed by atoms with Crippen LogP contribution in [-0.2, 0) is 16.1 Å². The van der Waals surface area contributed by atoms with Crippen LogP contribution in [0.5, 0.6) is 0 Å². The maximum Gasteiger partial charge on any atom is 0.236 e. The van der Waals surface area contributed by atoms with Crippen molar-refractivity contribution < 1.29 is 9.53 Å². The molecule has 2 aliphatic rings. The van der Waals surface area contributed by atoms with Crippen molar-refractivity contribution in [2.45, 2.75) is 38.7 Å². The van der Waals surface area contributed by atoms with Crippen LogP contribution in [0.4, 0.5) is 0 Å². The van der Waals surface area contributed by atoms with Gasteiger partial charge in [-0.25, -0.2) is 0 Å². The fraction of sp³-hybridized carbons (Fsp3) is 0.500. The third-order valence-electron chi connectivity index (χ3n) is 4.27. The molecule has 1 saturated heterocycles. The second-order valence-electron chi connectivity index (χ2n) is 6.25. The molecule has 128 valence electrons. The molecule has 1 heterocycles. The summed E-state index contributed by atoms with van der Waals surface area (Å²) in [6.45, 7) is 1.54. The molecule has 1 saturated carbocycles. The molecule has 2 fully saturated rings. The Morgan fingerprint density at radius 2 is 2.00 bits per heavy atom. The van der Waals surface area contributed by atoms with Gasteiger partial charge in [-0.2, -0.15) is 5.10 Å². The van der Waals surface area contributed by atoms with Crippen molar-refractivity contribution in [3.8, 4) is 0 Å². The van der Waals surface area contributed by atoms with E-state index in [-0.39, 0.29) is 5.91 Å². The highest BCUT2D eigenvalue weighted by Crippen LogP contribution is 2.24. The van der Waals surface area contributed by atoms with E-state index in [0.29, 0.717) is 17.5 Å². The summed E-state index contributed by atoms with van der Waals surface area (Å²) < 4.78 is 5.86. The Morgan fingerprint density at radius 1 is 1.21 bits per heavy atom. The summed E-state index contributed by atoms with van der Waals surface area (Å²) in [5.41, 5.74) is 2.15. The summed E-state index contributed by atoms with van der Waals surface area (Å²) in [6, 6.07) is 8.12. The minimum absolute atomic E-state index is 0.0217. The number of amides is 1. The highest BCUT2D eigenvalue weighted by Gasteiger charge is 2.16. The van der Waals surface area contributed by atoms with Crippen LogP contribution in [0.2, 0.25) is 0 Å². The highest BCUT2D eigenvalue weighted by molar-refractivity contribution is 8.15. The number of nitrogens with zero attached hydrogens (tertiary/aromatic N) is 2. The first kappa shape index (κ1) is 17.2. The van der Waals surface area contributed by atoms with Gasteiger partial charge < -0.3 is 10.1 Å². The van der Waals surface area contributed by atoms with E-state index in [2.05, 4.69) is 27.7 Å². The summed E-state index contributed by atoms with van der Waals surface area (Å²) in [5.74, 6) is 1.15. The molecular weight excluding hydrogens is 322 g/mol. The molecule has 5 nitrogen and oxygen atoms in total. The molecule has 1 aliphatic heterocycles. The Bertz CT molecular complexity index is 607. The summed E-state index contributed by atoms with van der Waals surface area (Å²) in [5, 5.41) is 11.2. The second-order valence-corrected chi connectivity index (χ2v) is 7.21. The number of benzene rings is 1. The monoisotopic (exact) mass is 345 g/mol. The van der Waals surface area contributed by atoms with Crippen molar-refractivity contribution in [2.75, 3.05) is 12.4 Å². The Kier molecular flexibility index (Phi) is 6.43. The van der Waals surface area contributed by atoms with Crippen LogP contribution < -0.4 is 5.32 Å². The van der Waals surface area contributed by atoms with Crippen molar-refractivity contribution in [3.05, 3.63) is 35.4 Å². The van der Waals surface area contributed by atoms with E-state index in [9.17, 15) is 4.79 Å². The van der Waals surface area contributed by atoms with Crippen LogP contribution in [0.25, 0.3) is 0 Å². The van der Waals surface area contributed by atoms with Gasteiger partial charge in [-0.15, -0.1) is 5.10 Å².